The van der Waals surface area contributed by atoms with Gasteiger partial charge in [-0.25, -0.2) is 9.48 Å². The Balaban J connectivity index is 1.91. The molecule has 20 heavy (non-hydrogen) atoms. The Hall–Kier alpha value is -2.15. The summed E-state index contributed by atoms with van der Waals surface area (Å²) in [6.07, 6.45) is 0. The number of hydrogen-bond acceptors (Lipinski definition) is 6. The van der Waals surface area contributed by atoms with E-state index in [4.69, 9.17) is 21.1 Å². The largest absolute Gasteiger partial charge is 0.492 e. The van der Waals surface area contributed by atoms with Crippen molar-refractivity contribution in [2.45, 2.75) is 13.5 Å². The molecule has 7 nitrogen and oxygen atoms in total. The molecule has 0 N–H and O–H groups in total. The summed E-state index contributed by atoms with van der Waals surface area (Å²) in [5.74, 6) is 0.144. The fourth-order valence-electron chi connectivity index (χ4n) is 1.50. The van der Waals surface area contributed by atoms with Crippen LogP contribution in [0.1, 0.15) is 17.5 Å². The highest BCUT2D eigenvalue weighted by Crippen LogP contribution is 2.16. The number of hydrogen-bond donors (Lipinski definition) is 0. The molecule has 0 aliphatic carbocycles. The quantitative estimate of drug-likeness (QED) is 0.753. The highest BCUT2D eigenvalue weighted by Gasteiger charge is 2.16. The van der Waals surface area contributed by atoms with Crippen LogP contribution in [0.5, 0.6) is 5.75 Å². The van der Waals surface area contributed by atoms with Gasteiger partial charge < -0.3 is 9.47 Å². The third kappa shape index (κ3) is 3.67. The van der Waals surface area contributed by atoms with Gasteiger partial charge in [0.05, 0.1) is 13.2 Å². The lowest BCUT2D eigenvalue weighted by molar-refractivity contribution is 0.0503. The van der Waals surface area contributed by atoms with Crippen LogP contribution < -0.4 is 4.74 Å². The summed E-state index contributed by atoms with van der Waals surface area (Å²) in [5, 5.41) is 11.4. The van der Waals surface area contributed by atoms with E-state index < -0.39 is 5.97 Å². The molecule has 0 atom stereocenters. The number of ether oxygens (including phenoxy) is 2. The molecule has 8 heteroatoms. The Morgan fingerprint density at radius 3 is 3.05 bits per heavy atom. The molecule has 0 amide bonds. The summed E-state index contributed by atoms with van der Waals surface area (Å²) in [4.78, 5) is 11.6. The van der Waals surface area contributed by atoms with Crippen molar-refractivity contribution in [3.8, 4) is 5.75 Å². The smallest absolute Gasteiger partial charge is 0.378 e. The molecule has 2 rings (SSSR count). The summed E-state index contributed by atoms with van der Waals surface area (Å²) in [7, 11) is 0. The van der Waals surface area contributed by atoms with E-state index in [0.717, 1.165) is 0 Å². The molecule has 0 aliphatic heterocycles. The van der Waals surface area contributed by atoms with Crippen LogP contribution in [-0.4, -0.2) is 39.4 Å². The summed E-state index contributed by atoms with van der Waals surface area (Å²) in [6.45, 7) is 2.62. The molecule has 106 valence electrons. The Kier molecular flexibility index (Phi) is 4.89. The first kappa shape index (κ1) is 14.3. The first-order valence-corrected chi connectivity index (χ1v) is 6.40. The second kappa shape index (κ2) is 6.85. The maximum absolute atomic E-state index is 11.6. The first-order valence-electron chi connectivity index (χ1n) is 6.02. The Labute approximate surface area is 120 Å². The van der Waals surface area contributed by atoms with Crippen LogP contribution in [0.3, 0.4) is 0 Å². The number of halogens is 1. The lowest BCUT2D eigenvalue weighted by Gasteiger charge is -2.07. The van der Waals surface area contributed by atoms with Crippen molar-refractivity contribution in [3.05, 3.63) is 35.1 Å². The number of aromatic nitrogens is 4. The van der Waals surface area contributed by atoms with E-state index >= 15 is 0 Å². The number of nitrogens with zero attached hydrogens (tertiary/aromatic N) is 4. The van der Waals surface area contributed by atoms with Crippen LogP contribution >= 0.6 is 11.6 Å². The highest BCUT2D eigenvalue weighted by atomic mass is 35.5. The molecule has 0 saturated carbocycles. The summed E-state index contributed by atoms with van der Waals surface area (Å²) < 4.78 is 11.7. The van der Waals surface area contributed by atoms with Crippen molar-refractivity contribution < 1.29 is 14.3 Å². The van der Waals surface area contributed by atoms with E-state index in [1.54, 1.807) is 31.2 Å². The molecule has 0 fully saturated rings. The number of rotatable bonds is 6. The standard InChI is InChI=1S/C12H13ClN4O3/c1-2-19-12(18)11-14-15-16-17(11)6-7-20-10-5-3-4-9(13)8-10/h3-5,8H,2,6-7H2,1H3. The van der Waals surface area contributed by atoms with Crippen LogP contribution in [0, 0.1) is 0 Å². The van der Waals surface area contributed by atoms with Gasteiger partial charge in [-0.2, -0.15) is 0 Å². The first-order chi connectivity index (χ1) is 9.70. The minimum Gasteiger partial charge on any atom is -0.492 e. The van der Waals surface area contributed by atoms with Crippen LogP contribution in [0.25, 0.3) is 0 Å². The molecular weight excluding hydrogens is 284 g/mol. The molecule has 1 aromatic carbocycles. The van der Waals surface area contributed by atoms with Gasteiger partial charge in [0.1, 0.15) is 12.4 Å². The zero-order valence-electron chi connectivity index (χ0n) is 10.8. The van der Waals surface area contributed by atoms with Crippen molar-refractivity contribution in [2.75, 3.05) is 13.2 Å². The molecular formula is C12H13ClN4O3. The average molecular weight is 297 g/mol. The molecule has 0 radical (unpaired) electrons. The number of carbonyl (C=O) groups excluding carboxylic acids is 1. The van der Waals surface area contributed by atoms with E-state index in [-0.39, 0.29) is 12.4 Å². The fraction of sp³-hybridized carbons (Fsp3) is 0.333. The second-order valence-electron chi connectivity index (χ2n) is 3.75. The van der Waals surface area contributed by atoms with Gasteiger partial charge in [-0.3, -0.25) is 0 Å². The fourth-order valence-corrected chi connectivity index (χ4v) is 1.68. The van der Waals surface area contributed by atoms with Crippen LogP contribution in [-0.2, 0) is 11.3 Å². The summed E-state index contributed by atoms with van der Waals surface area (Å²) in [6, 6.07) is 7.04. The van der Waals surface area contributed by atoms with Crippen molar-refractivity contribution in [1.29, 1.82) is 0 Å². The molecule has 0 spiro atoms. The molecule has 1 aromatic heterocycles. The lowest BCUT2D eigenvalue weighted by Crippen LogP contribution is -2.17. The van der Waals surface area contributed by atoms with Gasteiger partial charge in [-0.1, -0.05) is 17.7 Å². The normalized spacial score (nSPS) is 10.3. The van der Waals surface area contributed by atoms with E-state index in [9.17, 15) is 4.79 Å². The SMILES string of the molecule is CCOC(=O)c1nnnn1CCOc1cccc(Cl)c1. The zero-order valence-corrected chi connectivity index (χ0v) is 11.6. The third-order valence-corrected chi connectivity index (χ3v) is 2.59. The van der Waals surface area contributed by atoms with Gasteiger partial charge in [-0.15, -0.1) is 5.10 Å². The summed E-state index contributed by atoms with van der Waals surface area (Å²) >= 11 is 5.85. The molecule has 1 heterocycles. The number of tetrazole rings is 1. The zero-order chi connectivity index (χ0) is 14.4. The van der Waals surface area contributed by atoms with Crippen LogP contribution in [0.4, 0.5) is 0 Å². The van der Waals surface area contributed by atoms with Gasteiger partial charge in [0.25, 0.3) is 5.82 Å². The predicted molar refractivity (Wildman–Crippen MR) is 70.7 cm³/mol. The van der Waals surface area contributed by atoms with Gasteiger partial charge in [-0.05, 0) is 35.5 Å². The lowest BCUT2D eigenvalue weighted by atomic mass is 10.3. The molecule has 0 bridgehead atoms. The number of esters is 1. The van der Waals surface area contributed by atoms with Crippen molar-refractivity contribution in [3.63, 3.8) is 0 Å². The third-order valence-electron chi connectivity index (χ3n) is 2.36. The van der Waals surface area contributed by atoms with E-state index in [0.29, 0.717) is 23.9 Å². The van der Waals surface area contributed by atoms with Crippen molar-refractivity contribution in [1.82, 2.24) is 20.2 Å². The monoisotopic (exact) mass is 296 g/mol. The van der Waals surface area contributed by atoms with Gasteiger partial charge >= 0.3 is 5.97 Å². The Morgan fingerprint density at radius 1 is 1.45 bits per heavy atom. The van der Waals surface area contributed by atoms with Gasteiger partial charge in [0.2, 0.25) is 0 Å². The average Bonchev–Trinajstić information content (AvgIpc) is 2.87. The molecule has 0 aliphatic rings. The number of benzene rings is 1. The minimum absolute atomic E-state index is 0.0570. The van der Waals surface area contributed by atoms with Crippen molar-refractivity contribution in [2.24, 2.45) is 0 Å². The maximum atomic E-state index is 11.6. The van der Waals surface area contributed by atoms with E-state index in [1.807, 2.05) is 0 Å². The van der Waals surface area contributed by atoms with Gasteiger partial charge in [0, 0.05) is 5.02 Å². The highest BCUT2D eigenvalue weighted by molar-refractivity contribution is 6.30. The van der Waals surface area contributed by atoms with Crippen LogP contribution in [0.2, 0.25) is 5.02 Å². The molecule has 2 aromatic rings. The number of carbonyl (C=O) groups is 1. The maximum Gasteiger partial charge on any atom is 0.378 e. The Bertz CT molecular complexity index is 588. The Morgan fingerprint density at radius 2 is 2.30 bits per heavy atom. The van der Waals surface area contributed by atoms with E-state index in [2.05, 4.69) is 15.5 Å². The van der Waals surface area contributed by atoms with Crippen LogP contribution in [0.15, 0.2) is 24.3 Å². The van der Waals surface area contributed by atoms with Crippen molar-refractivity contribution >= 4 is 17.6 Å². The molecule has 0 saturated heterocycles. The van der Waals surface area contributed by atoms with E-state index in [1.165, 1.54) is 4.68 Å². The minimum atomic E-state index is -0.555. The molecule has 0 unspecified atom stereocenters. The summed E-state index contributed by atoms with van der Waals surface area (Å²) in [5.41, 5.74) is 0. The second-order valence-corrected chi connectivity index (χ2v) is 4.19. The topological polar surface area (TPSA) is 79.1 Å². The predicted octanol–water partition coefficient (Wildman–Crippen LogP) is 1.58. The van der Waals surface area contributed by atoms with Gasteiger partial charge in [0.15, 0.2) is 0 Å².